The van der Waals surface area contributed by atoms with Crippen molar-refractivity contribution in [2.24, 2.45) is 5.92 Å². The molecule has 0 spiro atoms. The predicted octanol–water partition coefficient (Wildman–Crippen LogP) is 1.50. The van der Waals surface area contributed by atoms with E-state index in [0.717, 1.165) is 0 Å². The molecule has 31 heavy (non-hydrogen) atoms. The minimum absolute atomic E-state index is 0.00961. The van der Waals surface area contributed by atoms with Crippen LogP contribution in [0, 0.1) is 12.8 Å². The number of rotatable bonds is 5. The molecule has 3 aromatic rings. The van der Waals surface area contributed by atoms with Crippen molar-refractivity contribution in [3.8, 4) is 0 Å². The van der Waals surface area contributed by atoms with Crippen LogP contribution in [0.1, 0.15) is 5.69 Å². The van der Waals surface area contributed by atoms with E-state index in [-0.39, 0.29) is 28.9 Å². The third-order valence-corrected chi connectivity index (χ3v) is 7.04. The largest absolute Gasteiger partial charge is 0.326 e. The van der Waals surface area contributed by atoms with Gasteiger partial charge in [-0.1, -0.05) is 11.8 Å². The Balaban J connectivity index is 1.43. The lowest BCUT2D eigenvalue weighted by atomic mass is 10.1. The summed E-state index contributed by atoms with van der Waals surface area (Å²) in [4.78, 5) is 36.7. The molecule has 1 aliphatic heterocycles. The van der Waals surface area contributed by atoms with Gasteiger partial charge in [-0.25, -0.2) is 28.1 Å². The molecular weight excluding hydrogens is 440 g/mol. The number of thioether (sulfide) groups is 1. The van der Waals surface area contributed by atoms with Crippen molar-refractivity contribution in [2.45, 2.75) is 23.5 Å². The second-order valence-corrected chi connectivity index (χ2v) is 9.49. The highest BCUT2D eigenvalue weighted by atomic mass is 32.2. The molecule has 0 bridgehead atoms. The van der Waals surface area contributed by atoms with E-state index >= 15 is 0 Å². The molecule has 0 saturated carbocycles. The first-order chi connectivity index (χ1) is 14.8. The van der Waals surface area contributed by atoms with E-state index in [1.54, 1.807) is 13.0 Å². The summed E-state index contributed by atoms with van der Waals surface area (Å²) in [5.41, 5.74) is 0.882. The summed E-state index contributed by atoms with van der Waals surface area (Å²) >= 11 is 1.35. The number of nitrogens with zero attached hydrogens (tertiary/aromatic N) is 4. The first kappa shape index (κ1) is 21.0. The average Bonchev–Trinajstić information content (AvgIpc) is 2.74. The highest BCUT2D eigenvalue weighted by Crippen LogP contribution is 2.25. The number of carbonyl (C=O) groups is 1. The molecule has 1 amide bonds. The summed E-state index contributed by atoms with van der Waals surface area (Å²) in [5, 5.41) is 3.36. The van der Waals surface area contributed by atoms with Gasteiger partial charge in [0.05, 0.1) is 10.8 Å². The van der Waals surface area contributed by atoms with Gasteiger partial charge in [-0.05, 0) is 37.3 Å². The Morgan fingerprint density at radius 3 is 2.61 bits per heavy atom. The molecule has 160 valence electrons. The van der Waals surface area contributed by atoms with Crippen molar-refractivity contribution in [3.63, 3.8) is 0 Å². The van der Waals surface area contributed by atoms with Gasteiger partial charge >= 0.3 is 0 Å². The van der Waals surface area contributed by atoms with E-state index in [9.17, 15) is 18.0 Å². The third kappa shape index (κ3) is 4.75. The number of carbonyl (C=O) groups excluding carboxylic acids is 1. The molecule has 2 N–H and O–H groups in total. The fourth-order valence-corrected chi connectivity index (χ4v) is 4.96. The van der Waals surface area contributed by atoms with E-state index in [1.165, 1.54) is 59.1 Å². The summed E-state index contributed by atoms with van der Waals surface area (Å²) in [5.74, 6) is -0.189. The Labute approximate surface area is 182 Å². The Kier molecular flexibility index (Phi) is 5.74. The molecule has 1 aromatic carbocycles. The average molecular weight is 459 g/mol. The van der Waals surface area contributed by atoms with Gasteiger partial charge < -0.3 is 5.32 Å². The number of sulfonamides is 1. The lowest BCUT2D eigenvalue weighted by Gasteiger charge is -2.23. The number of aryl methyl sites for hydroxylation is 1. The second-order valence-electron chi connectivity index (χ2n) is 6.82. The van der Waals surface area contributed by atoms with E-state index in [4.69, 9.17) is 0 Å². The van der Waals surface area contributed by atoms with Crippen molar-refractivity contribution in [3.05, 3.63) is 64.8 Å². The maximum absolute atomic E-state index is 12.6. The van der Waals surface area contributed by atoms with E-state index < -0.39 is 15.9 Å². The number of nitrogens with one attached hydrogen (secondary N) is 2. The molecule has 0 fully saturated rings. The van der Waals surface area contributed by atoms with E-state index in [1.807, 2.05) is 0 Å². The topological polar surface area (TPSA) is 136 Å². The lowest BCUT2D eigenvalue weighted by Crippen LogP contribution is -2.36. The zero-order valence-corrected chi connectivity index (χ0v) is 18.0. The first-order valence-electron chi connectivity index (χ1n) is 9.24. The Morgan fingerprint density at radius 1 is 1.13 bits per heavy atom. The van der Waals surface area contributed by atoms with Gasteiger partial charge in [-0.2, -0.15) is 0 Å². The lowest BCUT2D eigenvalue weighted by molar-refractivity contribution is -0.119. The van der Waals surface area contributed by atoms with Gasteiger partial charge in [0.15, 0.2) is 5.16 Å². The quantitative estimate of drug-likeness (QED) is 0.549. The maximum atomic E-state index is 12.6. The minimum atomic E-state index is -3.87. The highest BCUT2D eigenvalue weighted by molar-refractivity contribution is 7.99. The Hall–Kier alpha value is -3.25. The van der Waals surface area contributed by atoms with Crippen molar-refractivity contribution in [1.29, 1.82) is 0 Å². The van der Waals surface area contributed by atoms with E-state index in [2.05, 4.69) is 25.0 Å². The van der Waals surface area contributed by atoms with Gasteiger partial charge in [-0.3, -0.25) is 14.2 Å². The van der Waals surface area contributed by atoms with Crippen molar-refractivity contribution in [1.82, 2.24) is 19.5 Å². The van der Waals surface area contributed by atoms with Crippen molar-refractivity contribution < 1.29 is 13.2 Å². The molecule has 3 heterocycles. The highest BCUT2D eigenvalue weighted by Gasteiger charge is 2.26. The molecule has 12 heteroatoms. The van der Waals surface area contributed by atoms with Crippen LogP contribution >= 0.6 is 11.8 Å². The molecular formula is C19H18N6O4S2. The van der Waals surface area contributed by atoms with Crippen LogP contribution < -0.4 is 15.6 Å². The van der Waals surface area contributed by atoms with Gasteiger partial charge in [0.25, 0.3) is 15.6 Å². The van der Waals surface area contributed by atoms with Crippen molar-refractivity contribution >= 4 is 39.3 Å². The number of hydrogen-bond donors (Lipinski definition) is 2. The van der Waals surface area contributed by atoms with Crippen LogP contribution in [-0.2, 0) is 21.4 Å². The molecule has 1 aliphatic rings. The molecule has 1 atom stereocenters. The number of benzene rings is 1. The zero-order valence-electron chi connectivity index (χ0n) is 16.3. The van der Waals surface area contributed by atoms with Gasteiger partial charge in [0.1, 0.15) is 0 Å². The van der Waals surface area contributed by atoms with Gasteiger partial charge in [-0.15, -0.1) is 0 Å². The number of fused-ring (bicyclic) bond motifs is 1. The fourth-order valence-electron chi connectivity index (χ4n) is 2.95. The standard InChI is InChI=1S/C19H18N6O4S2/c1-12-6-8-20-18(22-12)24-31(28,29)15-4-2-14(3-5-15)23-17(27)13-10-25-16(26)7-9-21-19(25)30-11-13/h2-9,13H,10-11H2,1H3,(H,23,27)(H,20,22,24). The molecule has 10 nitrogen and oxygen atoms in total. The SMILES string of the molecule is Cc1ccnc(NS(=O)(=O)c2ccc(NC(=O)C3CSc4nccc(=O)n4C3)cc2)n1. The molecule has 0 radical (unpaired) electrons. The zero-order chi connectivity index (χ0) is 22.0. The number of aromatic nitrogens is 4. The number of amides is 1. The molecule has 0 saturated heterocycles. The fraction of sp³-hybridized carbons (Fsp3) is 0.211. The number of hydrogen-bond acceptors (Lipinski definition) is 8. The van der Waals surface area contributed by atoms with Crippen LogP contribution in [0.5, 0.6) is 0 Å². The number of anilines is 2. The second kappa shape index (κ2) is 8.47. The minimum Gasteiger partial charge on any atom is -0.326 e. The third-order valence-electron chi connectivity index (χ3n) is 4.54. The monoisotopic (exact) mass is 458 g/mol. The normalized spacial score (nSPS) is 15.7. The molecule has 4 rings (SSSR count). The van der Waals surface area contributed by atoms with Crippen LogP contribution in [0.25, 0.3) is 0 Å². The van der Waals surface area contributed by atoms with Gasteiger partial charge in [0.2, 0.25) is 11.9 Å². The summed E-state index contributed by atoms with van der Waals surface area (Å²) in [6.45, 7) is 1.97. The Morgan fingerprint density at radius 2 is 1.87 bits per heavy atom. The summed E-state index contributed by atoms with van der Waals surface area (Å²) in [7, 11) is -3.87. The maximum Gasteiger partial charge on any atom is 0.264 e. The van der Waals surface area contributed by atoms with Crippen LogP contribution in [0.3, 0.4) is 0 Å². The van der Waals surface area contributed by atoms with Crippen LogP contribution in [0.4, 0.5) is 11.6 Å². The van der Waals surface area contributed by atoms with Crippen LogP contribution in [-0.4, -0.2) is 39.6 Å². The smallest absolute Gasteiger partial charge is 0.264 e. The van der Waals surface area contributed by atoms with Crippen LogP contribution in [0.15, 0.2) is 63.6 Å². The predicted molar refractivity (Wildman–Crippen MR) is 115 cm³/mol. The molecule has 0 aliphatic carbocycles. The van der Waals surface area contributed by atoms with Crippen LogP contribution in [0.2, 0.25) is 0 Å². The summed E-state index contributed by atoms with van der Waals surface area (Å²) in [6, 6.07) is 8.79. The Bertz CT molecular complexity index is 1290. The molecule has 2 aromatic heterocycles. The first-order valence-corrected chi connectivity index (χ1v) is 11.7. The van der Waals surface area contributed by atoms with Gasteiger partial charge in [0, 0.05) is 42.1 Å². The molecule has 1 unspecified atom stereocenters. The summed E-state index contributed by atoms with van der Waals surface area (Å²) < 4.78 is 28.8. The van der Waals surface area contributed by atoms with Crippen molar-refractivity contribution in [2.75, 3.05) is 15.8 Å². The summed E-state index contributed by atoms with van der Waals surface area (Å²) in [6.07, 6.45) is 2.92. The van der Waals surface area contributed by atoms with E-state index in [0.29, 0.717) is 22.3 Å².